The molecule has 2 atom stereocenters. The SMILES string of the molecule is CC(c1ccccc1)N1C(=O)C(Cc2ccc(-c3ccc(C(=O)O)c(O)c3)[nH]2)C(=O)NC1=S. The summed E-state index contributed by atoms with van der Waals surface area (Å²) in [4.78, 5) is 41.5. The zero-order valence-electron chi connectivity index (χ0n) is 17.6. The summed E-state index contributed by atoms with van der Waals surface area (Å²) < 4.78 is 0. The fraction of sp³-hybridized carbons (Fsp3) is 0.167. The van der Waals surface area contributed by atoms with E-state index in [0.29, 0.717) is 17.0 Å². The smallest absolute Gasteiger partial charge is 0.339 e. The molecule has 168 valence electrons. The van der Waals surface area contributed by atoms with Gasteiger partial charge in [-0.3, -0.25) is 14.5 Å². The number of carboxylic acid groups (broad SMARTS) is 1. The van der Waals surface area contributed by atoms with Gasteiger partial charge >= 0.3 is 5.97 Å². The molecule has 4 N–H and O–H groups in total. The second-order valence-electron chi connectivity index (χ2n) is 7.78. The van der Waals surface area contributed by atoms with Crippen molar-refractivity contribution in [2.24, 2.45) is 5.92 Å². The first-order valence-corrected chi connectivity index (χ1v) is 10.6. The van der Waals surface area contributed by atoms with Crippen LogP contribution in [-0.2, 0) is 16.0 Å². The number of carbonyl (C=O) groups is 3. The molecule has 9 heteroatoms. The van der Waals surface area contributed by atoms with E-state index >= 15 is 0 Å². The van der Waals surface area contributed by atoms with Crippen molar-refractivity contribution in [1.29, 1.82) is 0 Å². The van der Waals surface area contributed by atoms with Gasteiger partial charge in [-0.25, -0.2) is 4.79 Å². The molecule has 0 spiro atoms. The average molecular weight is 464 g/mol. The van der Waals surface area contributed by atoms with Crippen LogP contribution in [0.4, 0.5) is 0 Å². The van der Waals surface area contributed by atoms with Crippen LogP contribution in [0.15, 0.2) is 60.7 Å². The Morgan fingerprint density at radius 3 is 2.52 bits per heavy atom. The molecule has 33 heavy (non-hydrogen) atoms. The Labute approximate surface area is 194 Å². The highest BCUT2D eigenvalue weighted by atomic mass is 32.1. The molecular formula is C24H21N3O5S. The van der Waals surface area contributed by atoms with E-state index in [1.807, 2.05) is 37.3 Å². The number of aromatic hydroxyl groups is 1. The zero-order chi connectivity index (χ0) is 23.7. The largest absolute Gasteiger partial charge is 0.507 e. The summed E-state index contributed by atoms with van der Waals surface area (Å²) in [5, 5.41) is 21.7. The molecule has 2 heterocycles. The number of carbonyl (C=O) groups excluding carboxylic acids is 2. The first-order chi connectivity index (χ1) is 15.8. The van der Waals surface area contributed by atoms with Crippen LogP contribution < -0.4 is 5.32 Å². The standard InChI is InChI=1S/C24H21N3O5S/c1-13(14-5-3-2-4-6-14)27-22(30)18(21(29)26-24(27)33)12-16-8-10-19(25-16)15-7-9-17(23(31)32)20(28)11-15/h2-11,13,18,25,28H,12H2,1H3,(H,31,32)(H,26,29,33). The first-order valence-electron chi connectivity index (χ1n) is 10.2. The molecule has 0 bridgehead atoms. The van der Waals surface area contributed by atoms with E-state index in [4.69, 9.17) is 17.3 Å². The van der Waals surface area contributed by atoms with Crippen molar-refractivity contribution in [1.82, 2.24) is 15.2 Å². The molecule has 1 aliphatic heterocycles. The lowest BCUT2D eigenvalue weighted by molar-refractivity contribution is -0.142. The van der Waals surface area contributed by atoms with Crippen LogP contribution in [0, 0.1) is 5.92 Å². The van der Waals surface area contributed by atoms with E-state index in [-0.39, 0.29) is 34.8 Å². The molecule has 0 aliphatic carbocycles. The number of rotatable bonds is 6. The number of nitrogens with one attached hydrogen (secondary N) is 2. The van der Waals surface area contributed by atoms with Crippen molar-refractivity contribution < 1.29 is 24.6 Å². The average Bonchev–Trinajstić information content (AvgIpc) is 3.25. The number of aromatic carboxylic acids is 1. The van der Waals surface area contributed by atoms with Crippen molar-refractivity contribution in [3.63, 3.8) is 0 Å². The second kappa shape index (κ2) is 8.87. The lowest BCUT2D eigenvalue weighted by Gasteiger charge is -2.36. The number of nitrogens with zero attached hydrogens (tertiary/aromatic N) is 1. The molecule has 2 amide bonds. The van der Waals surface area contributed by atoms with E-state index < -0.39 is 17.8 Å². The number of hydrogen-bond donors (Lipinski definition) is 4. The lowest BCUT2D eigenvalue weighted by Crippen LogP contribution is -2.58. The monoisotopic (exact) mass is 463 g/mol. The number of hydrogen-bond acceptors (Lipinski definition) is 5. The maximum atomic E-state index is 13.3. The first kappa shape index (κ1) is 22.2. The molecule has 1 saturated heterocycles. The van der Waals surface area contributed by atoms with E-state index in [1.165, 1.54) is 17.0 Å². The zero-order valence-corrected chi connectivity index (χ0v) is 18.4. The lowest BCUT2D eigenvalue weighted by atomic mass is 9.96. The van der Waals surface area contributed by atoms with Crippen LogP contribution in [-0.4, -0.2) is 43.0 Å². The van der Waals surface area contributed by atoms with Gasteiger partial charge in [-0.2, -0.15) is 0 Å². The summed E-state index contributed by atoms with van der Waals surface area (Å²) in [6.45, 7) is 1.86. The van der Waals surface area contributed by atoms with Gasteiger partial charge in [0.15, 0.2) is 5.11 Å². The van der Waals surface area contributed by atoms with Gasteiger partial charge in [-0.05, 0) is 49.0 Å². The highest BCUT2D eigenvalue weighted by Gasteiger charge is 2.41. The van der Waals surface area contributed by atoms with Crippen LogP contribution in [0.25, 0.3) is 11.3 Å². The fourth-order valence-electron chi connectivity index (χ4n) is 3.89. The molecule has 2 aromatic carbocycles. The Hall–Kier alpha value is -3.98. The van der Waals surface area contributed by atoms with Crippen LogP contribution in [0.1, 0.15) is 34.6 Å². The second-order valence-corrected chi connectivity index (χ2v) is 8.17. The van der Waals surface area contributed by atoms with Gasteiger partial charge in [0.1, 0.15) is 17.2 Å². The number of phenols is 1. The number of carboxylic acids is 1. The van der Waals surface area contributed by atoms with Gasteiger partial charge in [0, 0.05) is 23.4 Å². The van der Waals surface area contributed by atoms with E-state index in [2.05, 4.69) is 10.3 Å². The Bertz CT molecular complexity index is 1250. The highest BCUT2D eigenvalue weighted by Crippen LogP contribution is 2.29. The van der Waals surface area contributed by atoms with Crippen LogP contribution in [0.5, 0.6) is 5.75 Å². The molecule has 4 rings (SSSR count). The molecule has 1 aliphatic rings. The Balaban J connectivity index is 1.55. The number of amides is 2. The summed E-state index contributed by atoms with van der Waals surface area (Å²) in [5.41, 5.74) is 2.53. The Morgan fingerprint density at radius 2 is 1.85 bits per heavy atom. The predicted octanol–water partition coefficient (Wildman–Crippen LogP) is 3.25. The summed E-state index contributed by atoms with van der Waals surface area (Å²) in [6.07, 6.45) is 0.129. The van der Waals surface area contributed by atoms with Crippen LogP contribution in [0.2, 0.25) is 0 Å². The Kier molecular flexibility index (Phi) is 5.97. The highest BCUT2D eigenvalue weighted by molar-refractivity contribution is 7.80. The van der Waals surface area contributed by atoms with Gasteiger partial charge in [0.05, 0.1) is 6.04 Å². The summed E-state index contributed by atoms with van der Waals surface area (Å²) in [5.74, 6) is -3.37. The predicted molar refractivity (Wildman–Crippen MR) is 124 cm³/mol. The van der Waals surface area contributed by atoms with Crippen molar-refractivity contribution in [3.8, 4) is 17.0 Å². The minimum absolute atomic E-state index is 0.0822. The number of benzene rings is 2. The molecule has 0 radical (unpaired) electrons. The van der Waals surface area contributed by atoms with Crippen LogP contribution >= 0.6 is 12.2 Å². The third-order valence-corrected chi connectivity index (χ3v) is 5.98. The number of thiocarbonyl (C=S) groups is 1. The summed E-state index contributed by atoms with van der Waals surface area (Å²) in [6, 6.07) is 16.8. The Morgan fingerprint density at radius 1 is 1.12 bits per heavy atom. The number of aromatic amines is 1. The topological polar surface area (TPSA) is 123 Å². The van der Waals surface area contributed by atoms with Crippen molar-refractivity contribution in [2.45, 2.75) is 19.4 Å². The van der Waals surface area contributed by atoms with Crippen LogP contribution in [0.3, 0.4) is 0 Å². The van der Waals surface area contributed by atoms with E-state index in [1.54, 1.807) is 18.2 Å². The molecular weight excluding hydrogens is 442 g/mol. The number of aromatic nitrogens is 1. The molecule has 1 fully saturated rings. The van der Waals surface area contributed by atoms with Gasteiger partial charge in [0.25, 0.3) is 0 Å². The van der Waals surface area contributed by atoms with Gasteiger partial charge in [-0.15, -0.1) is 0 Å². The third kappa shape index (κ3) is 4.35. The van der Waals surface area contributed by atoms with Gasteiger partial charge < -0.3 is 20.5 Å². The third-order valence-electron chi connectivity index (χ3n) is 5.68. The van der Waals surface area contributed by atoms with Gasteiger partial charge in [-0.1, -0.05) is 36.4 Å². The maximum absolute atomic E-state index is 13.3. The van der Waals surface area contributed by atoms with Gasteiger partial charge in [0.2, 0.25) is 11.8 Å². The minimum atomic E-state index is -1.22. The minimum Gasteiger partial charge on any atom is -0.507 e. The molecule has 8 nitrogen and oxygen atoms in total. The van der Waals surface area contributed by atoms with Crippen molar-refractivity contribution >= 4 is 35.1 Å². The molecule has 1 aromatic heterocycles. The fourth-order valence-corrected chi connectivity index (χ4v) is 4.24. The van der Waals surface area contributed by atoms with Crippen molar-refractivity contribution in [3.05, 3.63) is 77.5 Å². The van der Waals surface area contributed by atoms with E-state index in [9.17, 15) is 19.5 Å². The molecule has 2 unspecified atom stereocenters. The van der Waals surface area contributed by atoms with E-state index in [0.717, 1.165) is 5.56 Å². The quantitative estimate of drug-likeness (QED) is 0.329. The van der Waals surface area contributed by atoms with Crippen molar-refractivity contribution in [2.75, 3.05) is 0 Å². The molecule has 0 saturated carbocycles. The number of H-pyrrole nitrogens is 1. The maximum Gasteiger partial charge on any atom is 0.339 e. The summed E-state index contributed by atoms with van der Waals surface area (Å²) >= 11 is 5.28. The normalized spacial score (nSPS) is 17.1. The summed E-state index contributed by atoms with van der Waals surface area (Å²) in [7, 11) is 0. The molecule has 3 aromatic rings.